The molecule has 1 fully saturated rings. The molecule has 3 aromatic rings. The van der Waals surface area contributed by atoms with Gasteiger partial charge in [0.15, 0.2) is 6.35 Å². The van der Waals surface area contributed by atoms with E-state index < -0.39 is 12.4 Å². The van der Waals surface area contributed by atoms with Crippen LogP contribution in [-0.4, -0.2) is 58.8 Å². The van der Waals surface area contributed by atoms with Crippen molar-refractivity contribution in [2.75, 3.05) is 25.2 Å². The molecule has 162 valence electrons. The fourth-order valence-electron chi connectivity index (χ4n) is 3.87. The minimum atomic E-state index is -0.972. The van der Waals surface area contributed by atoms with Crippen LogP contribution < -0.4 is 9.64 Å². The van der Waals surface area contributed by atoms with Gasteiger partial charge in [-0.25, -0.2) is 4.79 Å². The number of nitrogens with zero attached hydrogens (tertiary/aromatic N) is 3. The Hall–Kier alpha value is -3.36. The summed E-state index contributed by atoms with van der Waals surface area (Å²) < 4.78 is 10.6. The Morgan fingerprint density at radius 2 is 2.03 bits per heavy atom. The summed E-state index contributed by atoms with van der Waals surface area (Å²) in [7, 11) is 1.62. The quantitative estimate of drug-likeness (QED) is 0.566. The maximum absolute atomic E-state index is 12.7. The summed E-state index contributed by atoms with van der Waals surface area (Å²) in [4.78, 5) is 16.2. The third-order valence-corrected chi connectivity index (χ3v) is 5.39. The van der Waals surface area contributed by atoms with E-state index in [1.54, 1.807) is 25.1 Å². The molecule has 0 spiro atoms. The number of aromatic amines is 1. The SMILES string of the molecule is CCOC(=O)C1CN(Cc2cccc(OC)c2)C(O)N1c1ccc(-c2cn[nH]c2)cc1. The van der Waals surface area contributed by atoms with Gasteiger partial charge in [-0.2, -0.15) is 5.10 Å². The Labute approximate surface area is 181 Å². The van der Waals surface area contributed by atoms with Gasteiger partial charge < -0.3 is 19.5 Å². The van der Waals surface area contributed by atoms with E-state index in [2.05, 4.69) is 10.2 Å². The fourth-order valence-corrected chi connectivity index (χ4v) is 3.87. The lowest BCUT2D eigenvalue weighted by molar-refractivity contribution is -0.144. The van der Waals surface area contributed by atoms with Gasteiger partial charge in [-0.3, -0.25) is 10.00 Å². The molecule has 2 unspecified atom stereocenters. The normalized spacial score (nSPS) is 18.9. The Bertz CT molecular complexity index is 1010. The maximum Gasteiger partial charge on any atom is 0.330 e. The molecule has 0 aliphatic carbocycles. The average molecular weight is 422 g/mol. The molecule has 0 saturated carbocycles. The first-order valence-electron chi connectivity index (χ1n) is 10.2. The van der Waals surface area contributed by atoms with Crippen LogP contribution in [0.25, 0.3) is 11.1 Å². The molecule has 0 amide bonds. The molecule has 1 aromatic heterocycles. The van der Waals surface area contributed by atoms with Crippen molar-refractivity contribution in [2.45, 2.75) is 25.9 Å². The van der Waals surface area contributed by atoms with E-state index in [0.717, 1.165) is 28.1 Å². The smallest absolute Gasteiger partial charge is 0.330 e. The van der Waals surface area contributed by atoms with Gasteiger partial charge >= 0.3 is 5.97 Å². The first-order chi connectivity index (χ1) is 15.1. The number of ether oxygens (including phenoxy) is 2. The molecule has 2 heterocycles. The molecule has 1 saturated heterocycles. The number of hydrogen-bond acceptors (Lipinski definition) is 7. The number of aliphatic hydroxyl groups excluding tert-OH is 1. The molecule has 2 N–H and O–H groups in total. The third-order valence-electron chi connectivity index (χ3n) is 5.39. The average Bonchev–Trinajstić information content (AvgIpc) is 3.43. The number of benzene rings is 2. The van der Waals surface area contributed by atoms with Crippen LogP contribution in [-0.2, 0) is 16.1 Å². The number of esters is 1. The predicted octanol–water partition coefficient (Wildman–Crippen LogP) is 2.62. The zero-order chi connectivity index (χ0) is 21.8. The molecule has 0 bridgehead atoms. The minimum absolute atomic E-state index is 0.286. The fraction of sp³-hybridized carbons (Fsp3) is 0.304. The predicted molar refractivity (Wildman–Crippen MR) is 116 cm³/mol. The first kappa shape index (κ1) is 20.9. The van der Waals surface area contributed by atoms with Crippen LogP contribution in [0, 0.1) is 0 Å². The molecule has 1 aliphatic rings. The summed E-state index contributed by atoms with van der Waals surface area (Å²) >= 11 is 0. The second-order valence-corrected chi connectivity index (χ2v) is 7.34. The first-order valence-corrected chi connectivity index (χ1v) is 10.2. The number of H-pyrrole nitrogens is 1. The molecule has 2 aromatic carbocycles. The third kappa shape index (κ3) is 4.40. The lowest BCUT2D eigenvalue weighted by Crippen LogP contribution is -2.44. The largest absolute Gasteiger partial charge is 0.497 e. The van der Waals surface area contributed by atoms with Gasteiger partial charge in [0.2, 0.25) is 0 Å². The van der Waals surface area contributed by atoms with Crippen molar-refractivity contribution >= 4 is 11.7 Å². The van der Waals surface area contributed by atoms with E-state index in [1.807, 2.05) is 59.6 Å². The standard InChI is InChI=1S/C23H26N4O4/c1-3-31-22(28)21-15-26(14-16-5-4-6-20(11-16)30-2)23(29)27(21)19-9-7-17(8-10-19)18-12-24-25-13-18/h4-13,21,23,29H,3,14-15H2,1-2H3,(H,24,25). The number of aliphatic hydroxyl groups is 1. The van der Waals surface area contributed by atoms with Crippen LogP contribution in [0.5, 0.6) is 5.75 Å². The van der Waals surface area contributed by atoms with Gasteiger partial charge in [0.1, 0.15) is 11.8 Å². The van der Waals surface area contributed by atoms with E-state index in [-0.39, 0.29) is 12.6 Å². The molecule has 4 rings (SSSR count). The lowest BCUT2D eigenvalue weighted by atomic mass is 10.1. The van der Waals surface area contributed by atoms with E-state index in [1.165, 1.54) is 0 Å². The van der Waals surface area contributed by atoms with Crippen LogP contribution in [0.4, 0.5) is 5.69 Å². The molecule has 31 heavy (non-hydrogen) atoms. The van der Waals surface area contributed by atoms with E-state index in [9.17, 15) is 9.90 Å². The highest BCUT2D eigenvalue weighted by atomic mass is 16.5. The van der Waals surface area contributed by atoms with E-state index in [4.69, 9.17) is 9.47 Å². The Morgan fingerprint density at radius 1 is 1.23 bits per heavy atom. The van der Waals surface area contributed by atoms with Crippen LogP contribution in [0.1, 0.15) is 12.5 Å². The van der Waals surface area contributed by atoms with Crippen molar-refractivity contribution in [3.05, 3.63) is 66.5 Å². The number of nitrogens with one attached hydrogen (secondary N) is 1. The summed E-state index contributed by atoms with van der Waals surface area (Å²) in [5, 5.41) is 17.9. The van der Waals surface area contributed by atoms with Crippen LogP contribution >= 0.6 is 0 Å². The highest BCUT2D eigenvalue weighted by Crippen LogP contribution is 2.31. The van der Waals surface area contributed by atoms with E-state index >= 15 is 0 Å². The second kappa shape index (κ2) is 9.20. The van der Waals surface area contributed by atoms with Gasteiger partial charge in [0.05, 0.1) is 19.9 Å². The van der Waals surface area contributed by atoms with Gasteiger partial charge in [0.25, 0.3) is 0 Å². The van der Waals surface area contributed by atoms with Crippen LogP contribution in [0.3, 0.4) is 0 Å². The summed E-state index contributed by atoms with van der Waals surface area (Å²) in [5.41, 5.74) is 3.69. The number of rotatable bonds is 7. The number of carbonyl (C=O) groups is 1. The summed E-state index contributed by atoms with van der Waals surface area (Å²) in [6, 6.07) is 14.7. The second-order valence-electron chi connectivity index (χ2n) is 7.34. The van der Waals surface area contributed by atoms with Crippen molar-refractivity contribution < 1.29 is 19.4 Å². The Balaban J connectivity index is 1.59. The van der Waals surface area contributed by atoms with Crippen LogP contribution in [0.2, 0.25) is 0 Å². The monoisotopic (exact) mass is 422 g/mol. The van der Waals surface area contributed by atoms with Crippen LogP contribution in [0.15, 0.2) is 60.9 Å². The number of methoxy groups -OCH3 is 1. The Kier molecular flexibility index (Phi) is 6.20. The summed E-state index contributed by atoms with van der Waals surface area (Å²) in [6.07, 6.45) is 2.59. The summed E-state index contributed by atoms with van der Waals surface area (Å²) in [6.45, 7) is 2.88. The van der Waals surface area contributed by atoms with Crippen molar-refractivity contribution in [3.63, 3.8) is 0 Å². The minimum Gasteiger partial charge on any atom is -0.497 e. The van der Waals surface area contributed by atoms with E-state index in [0.29, 0.717) is 13.1 Å². The summed E-state index contributed by atoms with van der Waals surface area (Å²) in [5.74, 6) is 0.397. The molecule has 8 nitrogen and oxygen atoms in total. The van der Waals surface area contributed by atoms with Crippen molar-refractivity contribution in [1.29, 1.82) is 0 Å². The zero-order valence-corrected chi connectivity index (χ0v) is 17.6. The number of aromatic nitrogens is 2. The molecule has 1 aliphatic heterocycles. The molecular formula is C23H26N4O4. The van der Waals surface area contributed by atoms with Gasteiger partial charge in [-0.15, -0.1) is 0 Å². The Morgan fingerprint density at radius 3 is 2.71 bits per heavy atom. The van der Waals surface area contributed by atoms with Gasteiger partial charge in [-0.1, -0.05) is 24.3 Å². The molecular weight excluding hydrogens is 396 g/mol. The van der Waals surface area contributed by atoms with Crippen molar-refractivity contribution in [3.8, 4) is 16.9 Å². The number of anilines is 1. The molecule has 2 atom stereocenters. The number of hydrogen-bond donors (Lipinski definition) is 2. The van der Waals surface area contributed by atoms with Gasteiger partial charge in [0, 0.05) is 30.5 Å². The lowest BCUT2D eigenvalue weighted by Gasteiger charge is -2.29. The highest BCUT2D eigenvalue weighted by molar-refractivity contribution is 5.81. The van der Waals surface area contributed by atoms with Crippen molar-refractivity contribution in [1.82, 2.24) is 15.1 Å². The topological polar surface area (TPSA) is 90.9 Å². The molecule has 0 radical (unpaired) electrons. The highest BCUT2D eigenvalue weighted by Gasteiger charge is 2.43. The zero-order valence-electron chi connectivity index (χ0n) is 17.6. The maximum atomic E-state index is 12.7. The molecule has 8 heteroatoms. The van der Waals surface area contributed by atoms with Gasteiger partial charge in [-0.05, 0) is 42.3 Å². The van der Waals surface area contributed by atoms with Crippen molar-refractivity contribution in [2.24, 2.45) is 0 Å². The number of carbonyl (C=O) groups excluding carboxylic acids is 1.